The third kappa shape index (κ3) is 3.81. The monoisotopic (exact) mass is 335 g/mol. The first kappa shape index (κ1) is 17.7. The Balaban J connectivity index is 2.00. The lowest BCUT2D eigenvalue weighted by Gasteiger charge is -2.38. The summed E-state index contributed by atoms with van der Waals surface area (Å²) >= 11 is 0. The number of benzene rings is 1. The number of hydrogen-bond acceptors (Lipinski definition) is 6. The number of nitrogens with two attached hydrogens (primary N) is 1. The van der Waals surface area contributed by atoms with Crippen LogP contribution in [0.25, 0.3) is 0 Å². The molecule has 0 aliphatic carbocycles. The molecule has 1 aliphatic heterocycles. The number of esters is 1. The average molecular weight is 335 g/mol. The molecule has 2 rings (SSSR count). The zero-order valence-corrected chi connectivity index (χ0v) is 13.7. The highest BCUT2D eigenvalue weighted by molar-refractivity contribution is 5.96. The van der Waals surface area contributed by atoms with Crippen LogP contribution < -0.4 is 5.73 Å². The van der Waals surface area contributed by atoms with Gasteiger partial charge >= 0.3 is 5.97 Å². The zero-order chi connectivity index (χ0) is 17.9. The van der Waals surface area contributed by atoms with E-state index >= 15 is 0 Å². The molecule has 1 heterocycles. The second kappa shape index (κ2) is 7.29. The predicted molar refractivity (Wildman–Crippen MR) is 87.4 cm³/mol. The van der Waals surface area contributed by atoms with Crippen molar-refractivity contribution in [2.45, 2.75) is 45.2 Å². The van der Waals surface area contributed by atoms with Crippen molar-refractivity contribution in [3.05, 3.63) is 33.9 Å². The summed E-state index contributed by atoms with van der Waals surface area (Å²) in [6.07, 6.45) is 2.93. The van der Waals surface area contributed by atoms with Crippen molar-refractivity contribution >= 4 is 23.3 Å². The van der Waals surface area contributed by atoms with Crippen LogP contribution in [0.4, 0.5) is 11.4 Å². The van der Waals surface area contributed by atoms with E-state index in [0.717, 1.165) is 25.3 Å². The van der Waals surface area contributed by atoms with Crippen molar-refractivity contribution in [2.24, 2.45) is 0 Å². The van der Waals surface area contributed by atoms with Gasteiger partial charge in [-0.05, 0) is 39.2 Å². The molecule has 0 unspecified atom stereocenters. The SMILES string of the molecule is C[C@@H]1CCC[C@@H](C)N1C(=O)COC(=O)c1ccc([N+](=O)[O-])cc1N. The predicted octanol–water partition coefficient (Wildman–Crippen LogP) is 2.12. The number of amides is 1. The van der Waals surface area contributed by atoms with E-state index in [9.17, 15) is 19.7 Å². The lowest BCUT2D eigenvalue weighted by atomic mass is 9.97. The van der Waals surface area contributed by atoms with Gasteiger partial charge in [-0.3, -0.25) is 14.9 Å². The molecule has 2 N–H and O–H groups in total. The Morgan fingerprint density at radius 1 is 1.33 bits per heavy atom. The molecule has 0 saturated carbocycles. The van der Waals surface area contributed by atoms with Gasteiger partial charge in [-0.2, -0.15) is 0 Å². The summed E-state index contributed by atoms with van der Waals surface area (Å²) < 4.78 is 5.04. The van der Waals surface area contributed by atoms with Crippen LogP contribution in [0.15, 0.2) is 18.2 Å². The molecule has 8 heteroatoms. The van der Waals surface area contributed by atoms with Crippen LogP contribution in [-0.2, 0) is 9.53 Å². The molecule has 1 aromatic rings. The quantitative estimate of drug-likeness (QED) is 0.390. The largest absolute Gasteiger partial charge is 0.452 e. The van der Waals surface area contributed by atoms with Crippen LogP contribution in [0.3, 0.4) is 0 Å². The van der Waals surface area contributed by atoms with Crippen molar-refractivity contribution in [3.8, 4) is 0 Å². The standard InChI is InChI=1S/C16H21N3O5/c1-10-4-3-5-11(2)18(10)15(20)9-24-16(21)13-7-6-12(19(22)23)8-14(13)17/h6-8,10-11H,3-5,9,17H2,1-2H3/t10-,11-/m1/s1. The minimum absolute atomic E-state index is 0.00754. The highest BCUT2D eigenvalue weighted by Gasteiger charge is 2.29. The van der Waals surface area contributed by atoms with E-state index in [4.69, 9.17) is 10.5 Å². The molecule has 24 heavy (non-hydrogen) atoms. The molecule has 1 fully saturated rings. The first-order valence-electron chi connectivity index (χ1n) is 7.83. The van der Waals surface area contributed by atoms with E-state index in [2.05, 4.69) is 0 Å². The number of nitro groups is 1. The van der Waals surface area contributed by atoms with E-state index in [0.29, 0.717) is 0 Å². The molecule has 0 bridgehead atoms. The molecular formula is C16H21N3O5. The second-order valence-electron chi connectivity index (χ2n) is 6.03. The number of rotatable bonds is 4. The number of non-ortho nitro benzene ring substituents is 1. The van der Waals surface area contributed by atoms with E-state index in [1.165, 1.54) is 12.1 Å². The van der Waals surface area contributed by atoms with Gasteiger partial charge in [0.2, 0.25) is 0 Å². The Hall–Kier alpha value is -2.64. The van der Waals surface area contributed by atoms with Crippen LogP contribution in [0.5, 0.6) is 0 Å². The Labute approximate surface area is 139 Å². The summed E-state index contributed by atoms with van der Waals surface area (Å²) in [5.41, 5.74) is 5.39. The number of nitrogens with zero attached hydrogens (tertiary/aromatic N) is 2. The fraction of sp³-hybridized carbons (Fsp3) is 0.500. The van der Waals surface area contributed by atoms with Crippen molar-refractivity contribution in [1.82, 2.24) is 4.90 Å². The van der Waals surface area contributed by atoms with Crippen LogP contribution >= 0.6 is 0 Å². The number of hydrogen-bond donors (Lipinski definition) is 1. The smallest absolute Gasteiger partial charge is 0.340 e. The summed E-state index contributed by atoms with van der Waals surface area (Å²) in [5, 5.41) is 10.7. The zero-order valence-electron chi connectivity index (χ0n) is 13.7. The molecule has 1 aliphatic rings. The maximum atomic E-state index is 12.3. The molecule has 0 aromatic heterocycles. The van der Waals surface area contributed by atoms with Crippen molar-refractivity contribution < 1.29 is 19.2 Å². The number of piperidine rings is 1. The van der Waals surface area contributed by atoms with Gasteiger partial charge in [0, 0.05) is 24.2 Å². The number of nitro benzene ring substituents is 1. The van der Waals surface area contributed by atoms with E-state index < -0.39 is 10.9 Å². The maximum absolute atomic E-state index is 12.3. The second-order valence-corrected chi connectivity index (χ2v) is 6.03. The summed E-state index contributed by atoms with van der Waals surface area (Å²) in [5.74, 6) is -1.02. The van der Waals surface area contributed by atoms with Crippen molar-refractivity contribution in [2.75, 3.05) is 12.3 Å². The normalized spacial score (nSPS) is 20.5. The topological polar surface area (TPSA) is 116 Å². The van der Waals surface area contributed by atoms with Crippen LogP contribution in [0.2, 0.25) is 0 Å². The van der Waals surface area contributed by atoms with Gasteiger partial charge in [-0.1, -0.05) is 0 Å². The number of anilines is 1. The number of ether oxygens (including phenoxy) is 1. The number of likely N-dealkylation sites (tertiary alicyclic amines) is 1. The molecule has 130 valence electrons. The number of carbonyl (C=O) groups excluding carboxylic acids is 2. The Morgan fingerprint density at radius 2 is 1.96 bits per heavy atom. The van der Waals surface area contributed by atoms with Crippen molar-refractivity contribution in [1.29, 1.82) is 0 Å². The molecule has 0 radical (unpaired) electrons. The summed E-state index contributed by atoms with van der Waals surface area (Å²) in [6, 6.07) is 3.72. The van der Waals surface area contributed by atoms with Gasteiger partial charge in [0.05, 0.1) is 16.2 Å². The van der Waals surface area contributed by atoms with Crippen LogP contribution in [-0.4, -0.2) is 40.4 Å². The van der Waals surface area contributed by atoms with Gasteiger partial charge < -0.3 is 15.4 Å². The fourth-order valence-electron chi connectivity index (χ4n) is 3.04. The third-order valence-electron chi connectivity index (χ3n) is 4.27. The summed E-state index contributed by atoms with van der Waals surface area (Å²) in [6.45, 7) is 3.58. The molecule has 1 saturated heterocycles. The van der Waals surface area contributed by atoms with Gasteiger partial charge in [0.1, 0.15) is 0 Å². The minimum Gasteiger partial charge on any atom is -0.452 e. The lowest BCUT2D eigenvalue weighted by molar-refractivity contribution is -0.384. The fourth-order valence-corrected chi connectivity index (χ4v) is 3.04. The number of carbonyl (C=O) groups is 2. The Bertz CT molecular complexity index is 651. The summed E-state index contributed by atoms with van der Waals surface area (Å²) in [7, 11) is 0. The highest BCUT2D eigenvalue weighted by Crippen LogP contribution is 2.23. The van der Waals surface area contributed by atoms with Crippen LogP contribution in [0, 0.1) is 10.1 Å². The Morgan fingerprint density at radius 3 is 2.50 bits per heavy atom. The molecular weight excluding hydrogens is 314 g/mol. The minimum atomic E-state index is -0.770. The van der Waals surface area contributed by atoms with Gasteiger partial charge in [0.15, 0.2) is 6.61 Å². The Kier molecular flexibility index (Phi) is 5.38. The average Bonchev–Trinajstić information content (AvgIpc) is 2.52. The highest BCUT2D eigenvalue weighted by atomic mass is 16.6. The third-order valence-corrected chi connectivity index (χ3v) is 4.27. The van der Waals surface area contributed by atoms with Crippen LogP contribution in [0.1, 0.15) is 43.5 Å². The van der Waals surface area contributed by atoms with E-state index in [1.807, 2.05) is 13.8 Å². The summed E-state index contributed by atoms with van der Waals surface area (Å²) in [4.78, 5) is 36.2. The van der Waals surface area contributed by atoms with Gasteiger partial charge in [-0.15, -0.1) is 0 Å². The van der Waals surface area contributed by atoms with Gasteiger partial charge in [0.25, 0.3) is 11.6 Å². The molecule has 1 aromatic carbocycles. The first-order valence-corrected chi connectivity index (χ1v) is 7.83. The van der Waals surface area contributed by atoms with Crippen molar-refractivity contribution in [3.63, 3.8) is 0 Å². The van der Waals surface area contributed by atoms with E-state index in [-0.39, 0.29) is 41.5 Å². The first-order chi connectivity index (χ1) is 11.3. The molecule has 1 amide bonds. The maximum Gasteiger partial charge on any atom is 0.340 e. The number of nitrogen functional groups attached to an aromatic ring is 1. The molecule has 8 nitrogen and oxygen atoms in total. The van der Waals surface area contributed by atoms with E-state index in [1.54, 1.807) is 4.90 Å². The lowest BCUT2D eigenvalue weighted by Crippen LogP contribution is -2.49. The molecule has 0 spiro atoms. The molecule has 2 atom stereocenters. The van der Waals surface area contributed by atoms with Gasteiger partial charge in [-0.25, -0.2) is 4.79 Å².